The van der Waals surface area contributed by atoms with Crippen molar-refractivity contribution in [3.05, 3.63) is 23.0 Å². The summed E-state index contributed by atoms with van der Waals surface area (Å²) in [6.45, 7) is 4.50. The predicted octanol–water partition coefficient (Wildman–Crippen LogP) is 1.44. The van der Waals surface area contributed by atoms with Gasteiger partial charge in [-0.15, -0.1) is 12.4 Å². The number of pyridine rings is 1. The lowest BCUT2D eigenvalue weighted by Gasteiger charge is -2.12. The third kappa shape index (κ3) is 3.45. The number of alkyl halides is 1. The molecule has 1 aliphatic heterocycles. The van der Waals surface area contributed by atoms with Crippen LogP contribution in [0.1, 0.15) is 28.2 Å². The van der Waals surface area contributed by atoms with Crippen molar-refractivity contribution in [2.45, 2.75) is 32.5 Å². The standard InChI is InChI=1S/C15H20FN5O.ClH/c1-8-4-12(13-9(2)20-21(3)14(13)19-8)15(22)18-7-11-5-10(16)6-17-11;/h4,10-11,17H,5-7H2,1-3H3,(H,18,22);1H/t10-,11-;/m0./s1. The number of carbonyl (C=O) groups is 1. The predicted molar refractivity (Wildman–Crippen MR) is 88.9 cm³/mol. The van der Waals surface area contributed by atoms with Gasteiger partial charge in [-0.3, -0.25) is 9.48 Å². The second-order valence-corrected chi connectivity index (χ2v) is 5.87. The Balaban J connectivity index is 0.00000192. The van der Waals surface area contributed by atoms with Gasteiger partial charge in [0.2, 0.25) is 0 Å². The average molecular weight is 342 g/mol. The highest BCUT2D eigenvalue weighted by Crippen LogP contribution is 2.21. The number of nitrogens with one attached hydrogen (secondary N) is 2. The van der Waals surface area contributed by atoms with Gasteiger partial charge in [-0.05, 0) is 26.3 Å². The van der Waals surface area contributed by atoms with Crippen molar-refractivity contribution in [3.63, 3.8) is 0 Å². The van der Waals surface area contributed by atoms with Crippen LogP contribution in [0.2, 0.25) is 0 Å². The first-order valence-corrected chi connectivity index (χ1v) is 7.42. The van der Waals surface area contributed by atoms with E-state index in [9.17, 15) is 9.18 Å². The lowest BCUT2D eigenvalue weighted by atomic mass is 10.1. The van der Waals surface area contributed by atoms with Crippen LogP contribution in [0.5, 0.6) is 0 Å². The highest BCUT2D eigenvalue weighted by atomic mass is 35.5. The molecule has 1 aliphatic rings. The van der Waals surface area contributed by atoms with Crippen molar-refractivity contribution in [1.82, 2.24) is 25.4 Å². The van der Waals surface area contributed by atoms with Gasteiger partial charge in [-0.2, -0.15) is 5.10 Å². The molecule has 8 heteroatoms. The number of fused-ring (bicyclic) bond motifs is 1. The van der Waals surface area contributed by atoms with Gasteiger partial charge >= 0.3 is 0 Å². The van der Waals surface area contributed by atoms with Gasteiger partial charge in [-0.25, -0.2) is 9.37 Å². The van der Waals surface area contributed by atoms with Crippen LogP contribution in [0.15, 0.2) is 6.07 Å². The lowest BCUT2D eigenvalue weighted by Crippen LogP contribution is -2.37. The Morgan fingerprint density at radius 3 is 2.91 bits per heavy atom. The molecule has 1 fully saturated rings. The van der Waals surface area contributed by atoms with Crippen molar-refractivity contribution in [2.75, 3.05) is 13.1 Å². The average Bonchev–Trinajstić information content (AvgIpc) is 3.00. The maximum absolute atomic E-state index is 13.1. The van der Waals surface area contributed by atoms with Gasteiger partial charge in [0.05, 0.1) is 16.6 Å². The first-order chi connectivity index (χ1) is 10.5. The Bertz CT molecular complexity index is 732. The Labute approximate surface area is 140 Å². The van der Waals surface area contributed by atoms with Gasteiger partial charge in [0.15, 0.2) is 5.65 Å². The fraction of sp³-hybridized carbons (Fsp3) is 0.533. The third-order valence-corrected chi connectivity index (χ3v) is 4.02. The molecule has 2 aromatic rings. The van der Waals surface area contributed by atoms with E-state index >= 15 is 0 Å². The Morgan fingerprint density at radius 1 is 1.52 bits per heavy atom. The molecule has 2 aromatic heterocycles. The van der Waals surface area contributed by atoms with Crippen LogP contribution < -0.4 is 10.6 Å². The zero-order valence-electron chi connectivity index (χ0n) is 13.4. The molecule has 0 aromatic carbocycles. The monoisotopic (exact) mass is 341 g/mol. The van der Waals surface area contributed by atoms with Crippen molar-refractivity contribution < 1.29 is 9.18 Å². The van der Waals surface area contributed by atoms with Crippen LogP contribution in [-0.4, -0.2) is 46.0 Å². The summed E-state index contributed by atoms with van der Waals surface area (Å²) in [5.74, 6) is -0.171. The summed E-state index contributed by atoms with van der Waals surface area (Å²) in [6.07, 6.45) is -0.380. The smallest absolute Gasteiger partial charge is 0.252 e. The minimum atomic E-state index is -0.822. The summed E-state index contributed by atoms with van der Waals surface area (Å²) < 4.78 is 14.8. The first-order valence-electron chi connectivity index (χ1n) is 7.42. The van der Waals surface area contributed by atoms with Crippen LogP contribution in [0.3, 0.4) is 0 Å². The summed E-state index contributed by atoms with van der Waals surface area (Å²) in [7, 11) is 1.81. The number of hydrogen-bond acceptors (Lipinski definition) is 4. The summed E-state index contributed by atoms with van der Waals surface area (Å²) in [6, 6.07) is 1.76. The number of amides is 1. The zero-order valence-corrected chi connectivity index (χ0v) is 14.2. The molecule has 23 heavy (non-hydrogen) atoms. The zero-order chi connectivity index (χ0) is 15.9. The Hall–Kier alpha value is -1.73. The van der Waals surface area contributed by atoms with E-state index in [4.69, 9.17) is 0 Å². The lowest BCUT2D eigenvalue weighted by molar-refractivity contribution is 0.0951. The van der Waals surface area contributed by atoms with E-state index in [0.29, 0.717) is 30.7 Å². The van der Waals surface area contributed by atoms with Gasteiger partial charge < -0.3 is 10.6 Å². The summed E-state index contributed by atoms with van der Waals surface area (Å²) in [5, 5.41) is 11.0. The van der Waals surface area contributed by atoms with E-state index in [2.05, 4.69) is 20.7 Å². The highest BCUT2D eigenvalue weighted by molar-refractivity contribution is 6.06. The molecule has 0 unspecified atom stereocenters. The van der Waals surface area contributed by atoms with Gasteiger partial charge in [0.25, 0.3) is 5.91 Å². The number of hydrogen-bond donors (Lipinski definition) is 2. The van der Waals surface area contributed by atoms with Gasteiger partial charge in [-0.1, -0.05) is 0 Å². The second-order valence-electron chi connectivity index (χ2n) is 5.87. The molecule has 0 spiro atoms. The van der Waals surface area contributed by atoms with Crippen LogP contribution in [0.25, 0.3) is 11.0 Å². The number of carbonyl (C=O) groups excluding carboxylic acids is 1. The van der Waals surface area contributed by atoms with Crippen molar-refractivity contribution in [1.29, 1.82) is 0 Å². The normalized spacial score (nSPS) is 20.5. The fourth-order valence-electron chi connectivity index (χ4n) is 2.99. The van der Waals surface area contributed by atoms with Crippen molar-refractivity contribution >= 4 is 29.3 Å². The topological polar surface area (TPSA) is 71.8 Å². The molecule has 1 saturated heterocycles. The molecule has 1 amide bonds. The Kier molecular flexibility index (Phi) is 5.21. The van der Waals surface area contributed by atoms with Gasteiger partial charge in [0, 0.05) is 31.9 Å². The second kappa shape index (κ2) is 6.80. The third-order valence-electron chi connectivity index (χ3n) is 4.02. The molecule has 0 aliphatic carbocycles. The van der Waals surface area contributed by atoms with E-state index in [1.807, 2.05) is 20.9 Å². The minimum absolute atomic E-state index is 0. The largest absolute Gasteiger partial charge is 0.350 e. The molecule has 126 valence electrons. The van der Waals surface area contributed by atoms with Crippen LogP contribution in [0, 0.1) is 13.8 Å². The molecular formula is C15H21ClFN5O. The Morgan fingerprint density at radius 2 is 2.26 bits per heavy atom. The maximum Gasteiger partial charge on any atom is 0.252 e. The first kappa shape index (κ1) is 17.6. The molecule has 0 saturated carbocycles. The van der Waals surface area contributed by atoms with Crippen molar-refractivity contribution in [3.8, 4) is 0 Å². The number of halogens is 2. The van der Waals surface area contributed by atoms with Gasteiger partial charge in [0.1, 0.15) is 6.17 Å². The number of aryl methyl sites for hydroxylation is 3. The number of nitrogens with zero attached hydrogens (tertiary/aromatic N) is 3. The molecule has 0 radical (unpaired) electrons. The summed E-state index contributed by atoms with van der Waals surface area (Å²) in [4.78, 5) is 17.0. The molecule has 2 N–H and O–H groups in total. The quantitative estimate of drug-likeness (QED) is 0.886. The fourth-order valence-corrected chi connectivity index (χ4v) is 2.99. The highest BCUT2D eigenvalue weighted by Gasteiger charge is 2.24. The van der Waals surface area contributed by atoms with Crippen molar-refractivity contribution in [2.24, 2.45) is 7.05 Å². The van der Waals surface area contributed by atoms with E-state index in [1.165, 1.54) is 0 Å². The molecule has 0 bridgehead atoms. The van der Waals surface area contributed by atoms with Crippen LogP contribution >= 0.6 is 12.4 Å². The van der Waals surface area contributed by atoms with E-state index in [1.54, 1.807) is 10.7 Å². The molecule has 3 rings (SSSR count). The number of aromatic nitrogens is 3. The molecular weight excluding hydrogens is 321 g/mol. The van der Waals surface area contributed by atoms with Crippen LogP contribution in [0.4, 0.5) is 4.39 Å². The van der Waals surface area contributed by atoms with E-state index in [-0.39, 0.29) is 24.4 Å². The summed E-state index contributed by atoms with van der Waals surface area (Å²) >= 11 is 0. The molecule has 6 nitrogen and oxygen atoms in total. The molecule has 2 atom stereocenters. The summed E-state index contributed by atoms with van der Waals surface area (Å²) in [5.41, 5.74) is 2.81. The number of rotatable bonds is 3. The van der Waals surface area contributed by atoms with E-state index < -0.39 is 6.17 Å². The molecule has 3 heterocycles. The van der Waals surface area contributed by atoms with Crippen LogP contribution in [-0.2, 0) is 7.05 Å². The van der Waals surface area contributed by atoms with E-state index in [0.717, 1.165) is 16.8 Å². The SMILES string of the molecule is Cc1cc(C(=O)NC[C@@H]2C[C@H](F)CN2)c2c(C)nn(C)c2n1.Cl. The minimum Gasteiger partial charge on any atom is -0.350 e. The maximum atomic E-state index is 13.1.